The van der Waals surface area contributed by atoms with Crippen molar-refractivity contribution in [3.05, 3.63) is 72.1 Å². The lowest BCUT2D eigenvalue weighted by Crippen LogP contribution is -2.36. The summed E-state index contributed by atoms with van der Waals surface area (Å²) in [5, 5.41) is 0. The van der Waals surface area contributed by atoms with Crippen LogP contribution in [0.5, 0.6) is 0 Å². The van der Waals surface area contributed by atoms with Gasteiger partial charge < -0.3 is 4.74 Å². The Morgan fingerprint density at radius 2 is 1.80 bits per heavy atom. The van der Waals surface area contributed by atoms with E-state index in [4.69, 9.17) is 4.74 Å². The first-order chi connectivity index (χ1) is 12.4. The molecule has 0 amide bonds. The van der Waals surface area contributed by atoms with E-state index in [0.29, 0.717) is 0 Å². The highest BCUT2D eigenvalue weighted by Crippen LogP contribution is 2.21. The lowest BCUT2D eigenvalue weighted by Gasteiger charge is -2.26. The van der Waals surface area contributed by atoms with E-state index in [2.05, 4.69) is 58.4 Å². The van der Waals surface area contributed by atoms with E-state index in [-0.39, 0.29) is 0 Å². The molecule has 2 heterocycles. The molecule has 25 heavy (non-hydrogen) atoms. The zero-order chi connectivity index (χ0) is 17.2. The molecule has 132 valence electrons. The van der Waals surface area contributed by atoms with Gasteiger partial charge in [-0.25, -0.2) is 0 Å². The van der Waals surface area contributed by atoms with E-state index in [1.807, 2.05) is 12.4 Å². The molecule has 0 unspecified atom stereocenters. The number of pyridine rings is 1. The third kappa shape index (κ3) is 6.11. The van der Waals surface area contributed by atoms with Gasteiger partial charge in [0.2, 0.25) is 0 Å². The molecule has 1 aliphatic heterocycles. The van der Waals surface area contributed by atoms with Gasteiger partial charge in [-0.3, -0.25) is 9.88 Å². The Kier molecular flexibility index (Phi) is 7.22. The van der Waals surface area contributed by atoms with Crippen molar-refractivity contribution in [1.29, 1.82) is 0 Å². The third-order valence-corrected chi connectivity index (χ3v) is 4.74. The van der Waals surface area contributed by atoms with Gasteiger partial charge in [-0.1, -0.05) is 36.4 Å². The fraction of sp³-hybridized carbons (Fsp3) is 0.409. The zero-order valence-electron chi connectivity index (χ0n) is 14.9. The number of hydrogen-bond donors (Lipinski definition) is 0. The van der Waals surface area contributed by atoms with Crippen molar-refractivity contribution < 1.29 is 4.74 Å². The van der Waals surface area contributed by atoms with Crippen LogP contribution in [0.1, 0.15) is 30.4 Å². The van der Waals surface area contributed by atoms with Gasteiger partial charge >= 0.3 is 0 Å². The number of morpholine rings is 1. The standard InChI is InChI=1S/C22H28N2O/c1-2-6-20(7-3-1)8-4-9-21(22-11-13-23-14-12-22)10-5-15-24-16-18-25-19-17-24/h1-3,6-7,9,11-14H,4-5,8,10,15-19H2/b21-9-. The minimum atomic E-state index is 0.879. The maximum atomic E-state index is 5.43. The predicted octanol–water partition coefficient (Wildman–Crippen LogP) is 4.21. The van der Waals surface area contributed by atoms with Crippen LogP contribution in [0.25, 0.3) is 5.57 Å². The molecule has 3 nitrogen and oxygen atoms in total. The van der Waals surface area contributed by atoms with Crippen molar-refractivity contribution in [2.75, 3.05) is 32.8 Å². The van der Waals surface area contributed by atoms with E-state index in [0.717, 1.165) is 52.1 Å². The summed E-state index contributed by atoms with van der Waals surface area (Å²) in [6, 6.07) is 15.0. The van der Waals surface area contributed by atoms with Gasteiger partial charge in [0.25, 0.3) is 0 Å². The molecule has 3 heteroatoms. The third-order valence-electron chi connectivity index (χ3n) is 4.74. The Morgan fingerprint density at radius 3 is 2.56 bits per heavy atom. The second-order valence-electron chi connectivity index (χ2n) is 6.55. The topological polar surface area (TPSA) is 25.4 Å². The summed E-state index contributed by atoms with van der Waals surface area (Å²) < 4.78 is 5.43. The van der Waals surface area contributed by atoms with Crippen LogP contribution in [0.4, 0.5) is 0 Å². The van der Waals surface area contributed by atoms with Gasteiger partial charge in [0.05, 0.1) is 13.2 Å². The SMILES string of the molecule is C(/CCc1ccccc1)=C(\CCCN1CCOCC1)c1ccncc1. The van der Waals surface area contributed by atoms with Crippen LogP contribution >= 0.6 is 0 Å². The summed E-state index contributed by atoms with van der Waals surface area (Å²) in [5.74, 6) is 0. The molecule has 0 radical (unpaired) electrons. The fourth-order valence-electron chi connectivity index (χ4n) is 3.31. The van der Waals surface area contributed by atoms with Crippen LogP contribution in [0.2, 0.25) is 0 Å². The van der Waals surface area contributed by atoms with Crippen LogP contribution in [0.3, 0.4) is 0 Å². The van der Waals surface area contributed by atoms with Gasteiger partial charge in [0.15, 0.2) is 0 Å². The molecule has 0 spiro atoms. The first-order valence-electron chi connectivity index (χ1n) is 9.35. The van der Waals surface area contributed by atoms with Crippen LogP contribution in [0, 0.1) is 0 Å². The van der Waals surface area contributed by atoms with Crippen molar-refractivity contribution in [1.82, 2.24) is 9.88 Å². The molecule has 1 aromatic heterocycles. The monoisotopic (exact) mass is 336 g/mol. The summed E-state index contributed by atoms with van der Waals surface area (Å²) in [6.45, 7) is 5.06. The van der Waals surface area contributed by atoms with Gasteiger partial charge in [-0.2, -0.15) is 0 Å². The van der Waals surface area contributed by atoms with Crippen LogP contribution < -0.4 is 0 Å². The van der Waals surface area contributed by atoms with Crippen LogP contribution in [-0.4, -0.2) is 42.7 Å². The van der Waals surface area contributed by atoms with Crippen molar-refractivity contribution in [2.24, 2.45) is 0 Å². The lowest BCUT2D eigenvalue weighted by atomic mass is 9.99. The number of aromatic nitrogens is 1. The summed E-state index contributed by atoms with van der Waals surface area (Å²) in [4.78, 5) is 6.67. The number of nitrogens with zero attached hydrogens (tertiary/aromatic N) is 2. The molecule has 1 aromatic carbocycles. The summed E-state index contributed by atoms with van der Waals surface area (Å²) in [5.41, 5.74) is 4.16. The maximum absolute atomic E-state index is 5.43. The number of ether oxygens (including phenoxy) is 1. The Hall–Kier alpha value is -1.97. The molecule has 1 aliphatic rings. The summed E-state index contributed by atoms with van der Waals surface area (Å²) in [7, 11) is 0. The first kappa shape index (κ1) is 17.8. The largest absolute Gasteiger partial charge is 0.379 e. The fourth-order valence-corrected chi connectivity index (χ4v) is 3.31. The molecule has 2 aromatic rings. The zero-order valence-corrected chi connectivity index (χ0v) is 14.9. The highest BCUT2D eigenvalue weighted by Gasteiger charge is 2.10. The van der Waals surface area contributed by atoms with E-state index >= 15 is 0 Å². The molecule has 0 N–H and O–H groups in total. The Balaban J connectivity index is 1.56. The minimum Gasteiger partial charge on any atom is -0.379 e. The van der Waals surface area contributed by atoms with E-state index in [1.54, 1.807) is 0 Å². The Bertz CT molecular complexity index is 634. The number of benzene rings is 1. The van der Waals surface area contributed by atoms with E-state index < -0.39 is 0 Å². The summed E-state index contributed by atoms with van der Waals surface area (Å²) in [6.07, 6.45) is 10.7. The normalized spacial score (nSPS) is 16.1. The average molecular weight is 336 g/mol. The number of allylic oxidation sites excluding steroid dienone is 2. The Labute approximate surface area is 151 Å². The maximum Gasteiger partial charge on any atom is 0.0594 e. The first-order valence-corrected chi connectivity index (χ1v) is 9.35. The molecule has 1 fully saturated rings. The smallest absolute Gasteiger partial charge is 0.0594 e. The van der Waals surface area contributed by atoms with Crippen molar-refractivity contribution in [2.45, 2.75) is 25.7 Å². The van der Waals surface area contributed by atoms with Crippen LogP contribution in [-0.2, 0) is 11.2 Å². The molecule has 0 aliphatic carbocycles. The second kappa shape index (κ2) is 10.1. The molecule has 0 bridgehead atoms. The number of hydrogen-bond acceptors (Lipinski definition) is 3. The van der Waals surface area contributed by atoms with Gasteiger partial charge in [0.1, 0.15) is 0 Å². The van der Waals surface area contributed by atoms with Gasteiger partial charge in [-0.15, -0.1) is 0 Å². The quantitative estimate of drug-likeness (QED) is 0.722. The highest BCUT2D eigenvalue weighted by atomic mass is 16.5. The number of rotatable bonds is 8. The highest BCUT2D eigenvalue weighted by molar-refractivity contribution is 5.65. The average Bonchev–Trinajstić information content (AvgIpc) is 2.69. The second-order valence-corrected chi connectivity index (χ2v) is 6.55. The van der Waals surface area contributed by atoms with Crippen molar-refractivity contribution in [3.63, 3.8) is 0 Å². The van der Waals surface area contributed by atoms with Crippen molar-refractivity contribution in [3.8, 4) is 0 Å². The molecule has 0 saturated carbocycles. The predicted molar refractivity (Wildman–Crippen MR) is 103 cm³/mol. The van der Waals surface area contributed by atoms with E-state index in [1.165, 1.54) is 23.1 Å². The molecule has 3 rings (SSSR count). The Morgan fingerprint density at radius 1 is 1.04 bits per heavy atom. The van der Waals surface area contributed by atoms with Gasteiger partial charge in [-0.05, 0) is 61.1 Å². The summed E-state index contributed by atoms with van der Waals surface area (Å²) >= 11 is 0. The number of aryl methyl sites for hydroxylation is 1. The molecular formula is C22H28N2O. The molecule has 1 saturated heterocycles. The lowest BCUT2D eigenvalue weighted by molar-refractivity contribution is 0.0376. The van der Waals surface area contributed by atoms with E-state index in [9.17, 15) is 0 Å². The van der Waals surface area contributed by atoms with Crippen LogP contribution in [0.15, 0.2) is 60.9 Å². The minimum absolute atomic E-state index is 0.879. The molecular weight excluding hydrogens is 308 g/mol. The molecule has 0 atom stereocenters. The van der Waals surface area contributed by atoms with Gasteiger partial charge in [0, 0.05) is 25.5 Å². The van der Waals surface area contributed by atoms with Crippen molar-refractivity contribution >= 4 is 5.57 Å².